The maximum absolute atomic E-state index is 4.38. The van der Waals surface area contributed by atoms with Crippen molar-refractivity contribution in [3.8, 4) is 0 Å². The van der Waals surface area contributed by atoms with Gasteiger partial charge in [-0.2, -0.15) is 0 Å². The molecule has 0 saturated heterocycles. The van der Waals surface area contributed by atoms with Crippen LogP contribution in [0.2, 0.25) is 0 Å². The minimum Gasteiger partial charge on any atom is -0.294 e. The van der Waals surface area contributed by atoms with Crippen LogP contribution in [0, 0.1) is 0 Å². The Morgan fingerprint density at radius 3 is 3.44 bits per heavy atom. The smallest absolute Gasteiger partial charge is 0.0995 e. The standard InChI is InChI=1S/C6H8N2S/c1-4-8-5-2-7-3-6(5)9-4/h2,5-6H,3H2,1H3. The molecule has 2 heterocycles. The molecule has 2 atom stereocenters. The minimum atomic E-state index is 0.412. The zero-order chi connectivity index (χ0) is 6.27. The Balaban J connectivity index is 2.21. The molecule has 2 nitrogen and oxygen atoms in total. The van der Waals surface area contributed by atoms with E-state index in [9.17, 15) is 0 Å². The summed E-state index contributed by atoms with van der Waals surface area (Å²) in [6, 6.07) is 0.412. The normalized spacial score (nSPS) is 39.0. The maximum atomic E-state index is 4.38. The van der Waals surface area contributed by atoms with Crippen molar-refractivity contribution in [1.82, 2.24) is 0 Å². The molecule has 0 aromatic carbocycles. The van der Waals surface area contributed by atoms with Crippen LogP contribution >= 0.6 is 11.8 Å². The van der Waals surface area contributed by atoms with E-state index in [-0.39, 0.29) is 0 Å². The van der Waals surface area contributed by atoms with Crippen LogP contribution < -0.4 is 0 Å². The molecule has 0 aromatic heterocycles. The van der Waals surface area contributed by atoms with Crippen LogP contribution in [0.4, 0.5) is 0 Å². The lowest BCUT2D eigenvalue weighted by Crippen LogP contribution is -2.14. The lowest BCUT2D eigenvalue weighted by molar-refractivity contribution is 0.866. The van der Waals surface area contributed by atoms with Crippen molar-refractivity contribution in [1.29, 1.82) is 0 Å². The van der Waals surface area contributed by atoms with E-state index in [1.807, 2.05) is 18.0 Å². The molecule has 0 bridgehead atoms. The highest BCUT2D eigenvalue weighted by molar-refractivity contribution is 8.14. The highest BCUT2D eigenvalue weighted by Gasteiger charge is 2.29. The molecule has 3 heteroatoms. The second-order valence-electron chi connectivity index (χ2n) is 2.31. The van der Waals surface area contributed by atoms with E-state index in [4.69, 9.17) is 0 Å². The third-order valence-corrected chi connectivity index (χ3v) is 2.75. The molecule has 2 aliphatic rings. The SMILES string of the molecule is CC1=NC2C=NCC2S1. The monoisotopic (exact) mass is 140 g/mol. The highest BCUT2D eigenvalue weighted by atomic mass is 32.2. The summed E-state index contributed by atoms with van der Waals surface area (Å²) in [6.45, 7) is 3.03. The van der Waals surface area contributed by atoms with Gasteiger partial charge in [-0.3, -0.25) is 9.98 Å². The fourth-order valence-corrected chi connectivity index (χ4v) is 2.21. The molecule has 0 saturated carbocycles. The Hall–Kier alpha value is -0.310. The van der Waals surface area contributed by atoms with E-state index >= 15 is 0 Å². The molecule has 2 rings (SSSR count). The van der Waals surface area contributed by atoms with Crippen molar-refractivity contribution in [2.24, 2.45) is 9.98 Å². The number of hydrogen-bond donors (Lipinski definition) is 0. The van der Waals surface area contributed by atoms with Crippen LogP contribution in [0.1, 0.15) is 6.92 Å². The van der Waals surface area contributed by atoms with Crippen LogP contribution in [0.3, 0.4) is 0 Å². The topological polar surface area (TPSA) is 24.7 Å². The summed E-state index contributed by atoms with van der Waals surface area (Å²) in [5.74, 6) is 0. The van der Waals surface area contributed by atoms with Gasteiger partial charge in [-0.1, -0.05) is 0 Å². The fourth-order valence-electron chi connectivity index (χ4n) is 1.16. The van der Waals surface area contributed by atoms with Gasteiger partial charge in [0, 0.05) is 6.21 Å². The Labute approximate surface area is 58.5 Å². The molecular formula is C6H8N2S. The van der Waals surface area contributed by atoms with Crippen molar-refractivity contribution in [3.05, 3.63) is 0 Å². The second kappa shape index (κ2) is 1.84. The van der Waals surface area contributed by atoms with Crippen molar-refractivity contribution >= 4 is 23.0 Å². The van der Waals surface area contributed by atoms with Gasteiger partial charge in [0.1, 0.15) is 0 Å². The van der Waals surface area contributed by atoms with E-state index in [2.05, 4.69) is 16.9 Å². The first kappa shape index (κ1) is 5.47. The van der Waals surface area contributed by atoms with Gasteiger partial charge in [-0.15, -0.1) is 11.8 Å². The van der Waals surface area contributed by atoms with Gasteiger partial charge in [0.2, 0.25) is 0 Å². The third-order valence-electron chi connectivity index (χ3n) is 1.58. The van der Waals surface area contributed by atoms with Gasteiger partial charge in [-0.25, -0.2) is 0 Å². The number of fused-ring (bicyclic) bond motifs is 1. The molecule has 0 radical (unpaired) electrons. The molecular weight excluding hydrogens is 132 g/mol. The summed E-state index contributed by atoms with van der Waals surface area (Å²) >= 11 is 1.86. The van der Waals surface area contributed by atoms with E-state index < -0.39 is 0 Å². The van der Waals surface area contributed by atoms with Crippen LogP contribution in [-0.2, 0) is 0 Å². The quantitative estimate of drug-likeness (QED) is 0.492. The average Bonchev–Trinajstić information content (AvgIpc) is 2.22. The average molecular weight is 140 g/mol. The van der Waals surface area contributed by atoms with Gasteiger partial charge < -0.3 is 0 Å². The fraction of sp³-hybridized carbons (Fsp3) is 0.667. The van der Waals surface area contributed by atoms with Crippen LogP contribution in [0.15, 0.2) is 9.98 Å². The largest absolute Gasteiger partial charge is 0.294 e. The summed E-state index contributed by atoms with van der Waals surface area (Å²) in [7, 11) is 0. The van der Waals surface area contributed by atoms with E-state index in [1.54, 1.807) is 0 Å². The molecule has 0 aliphatic carbocycles. The molecule has 48 valence electrons. The Bertz CT molecular complexity index is 185. The van der Waals surface area contributed by atoms with Crippen LogP contribution in [-0.4, -0.2) is 29.1 Å². The third kappa shape index (κ3) is 0.796. The van der Waals surface area contributed by atoms with Crippen molar-refractivity contribution in [2.45, 2.75) is 18.2 Å². The summed E-state index contributed by atoms with van der Waals surface area (Å²) < 4.78 is 0. The Kier molecular flexibility index (Phi) is 1.12. The second-order valence-corrected chi connectivity index (χ2v) is 3.74. The van der Waals surface area contributed by atoms with Crippen molar-refractivity contribution in [2.75, 3.05) is 6.54 Å². The minimum absolute atomic E-state index is 0.412. The predicted molar refractivity (Wildman–Crippen MR) is 41.6 cm³/mol. The van der Waals surface area contributed by atoms with Crippen molar-refractivity contribution in [3.63, 3.8) is 0 Å². The number of aliphatic imine (C=N–C) groups is 2. The summed E-state index contributed by atoms with van der Waals surface area (Å²) in [6.07, 6.45) is 1.97. The Morgan fingerprint density at radius 1 is 1.78 bits per heavy atom. The summed E-state index contributed by atoms with van der Waals surface area (Å²) in [5, 5.41) is 1.86. The first-order valence-corrected chi connectivity index (χ1v) is 3.95. The molecule has 0 amide bonds. The molecule has 0 N–H and O–H groups in total. The van der Waals surface area contributed by atoms with E-state index in [1.165, 1.54) is 5.04 Å². The van der Waals surface area contributed by atoms with Crippen LogP contribution in [0.5, 0.6) is 0 Å². The highest BCUT2D eigenvalue weighted by Crippen LogP contribution is 2.28. The van der Waals surface area contributed by atoms with Gasteiger partial charge in [0.15, 0.2) is 0 Å². The van der Waals surface area contributed by atoms with E-state index in [0.29, 0.717) is 11.3 Å². The van der Waals surface area contributed by atoms with Gasteiger partial charge in [0.05, 0.1) is 22.9 Å². The lowest BCUT2D eigenvalue weighted by Gasteiger charge is -2.00. The first-order valence-electron chi connectivity index (χ1n) is 3.07. The molecule has 0 aromatic rings. The van der Waals surface area contributed by atoms with Gasteiger partial charge in [0.25, 0.3) is 0 Å². The molecule has 0 fully saturated rings. The van der Waals surface area contributed by atoms with E-state index in [0.717, 1.165) is 6.54 Å². The molecule has 2 aliphatic heterocycles. The number of rotatable bonds is 0. The van der Waals surface area contributed by atoms with Gasteiger partial charge in [-0.05, 0) is 6.92 Å². The molecule has 0 spiro atoms. The maximum Gasteiger partial charge on any atom is 0.0995 e. The predicted octanol–water partition coefficient (Wildman–Crippen LogP) is 0.973. The molecule has 9 heavy (non-hydrogen) atoms. The number of thioether (sulfide) groups is 1. The van der Waals surface area contributed by atoms with Crippen LogP contribution in [0.25, 0.3) is 0 Å². The first-order chi connectivity index (χ1) is 4.36. The van der Waals surface area contributed by atoms with Crippen molar-refractivity contribution < 1.29 is 0 Å². The summed E-state index contributed by atoms with van der Waals surface area (Å²) in [4.78, 5) is 8.53. The number of hydrogen-bond acceptors (Lipinski definition) is 3. The zero-order valence-electron chi connectivity index (χ0n) is 5.24. The number of nitrogens with zero attached hydrogens (tertiary/aromatic N) is 2. The zero-order valence-corrected chi connectivity index (χ0v) is 6.06. The Morgan fingerprint density at radius 2 is 2.67 bits per heavy atom. The summed E-state index contributed by atoms with van der Waals surface area (Å²) in [5.41, 5.74) is 0. The van der Waals surface area contributed by atoms with Gasteiger partial charge >= 0.3 is 0 Å². The molecule has 2 unspecified atom stereocenters. The lowest BCUT2D eigenvalue weighted by atomic mass is 10.3.